The standard InChI is InChI=1S/C26H32FN3O2/c1-18(21-7-6-19-4-2-3-5-22(19)16-21)28-25(31)17-30-14-12-24(13-15-30)29-26(32)20-8-10-23(27)11-9-20/h6-11,16,18,24H,2-5,12-15,17H2,1H3,(H,28,31)(H,29,32). The fourth-order valence-electron chi connectivity index (χ4n) is 4.70. The average Bonchev–Trinajstić information content (AvgIpc) is 2.80. The Morgan fingerprint density at radius 2 is 1.72 bits per heavy atom. The van der Waals surface area contributed by atoms with Gasteiger partial charge in [0, 0.05) is 24.7 Å². The van der Waals surface area contributed by atoms with Crippen LogP contribution < -0.4 is 10.6 Å². The Kier molecular flexibility index (Phi) is 7.20. The Morgan fingerprint density at radius 3 is 2.44 bits per heavy atom. The third-order valence-electron chi connectivity index (χ3n) is 6.65. The summed E-state index contributed by atoms with van der Waals surface area (Å²) in [7, 11) is 0. The molecule has 6 heteroatoms. The van der Waals surface area contributed by atoms with E-state index in [0.717, 1.165) is 38.8 Å². The SMILES string of the molecule is CC(NC(=O)CN1CCC(NC(=O)c2ccc(F)cc2)CC1)c1ccc2c(c1)CCCC2. The van der Waals surface area contributed by atoms with Crippen molar-refractivity contribution in [3.05, 3.63) is 70.5 Å². The fourth-order valence-corrected chi connectivity index (χ4v) is 4.70. The summed E-state index contributed by atoms with van der Waals surface area (Å²) in [5.74, 6) is -0.502. The lowest BCUT2D eigenvalue weighted by atomic mass is 9.89. The quantitative estimate of drug-likeness (QED) is 0.723. The van der Waals surface area contributed by atoms with Gasteiger partial charge in [-0.05, 0) is 86.4 Å². The topological polar surface area (TPSA) is 61.4 Å². The van der Waals surface area contributed by atoms with Crippen molar-refractivity contribution in [2.24, 2.45) is 0 Å². The highest BCUT2D eigenvalue weighted by molar-refractivity contribution is 5.94. The molecule has 0 radical (unpaired) electrons. The Hall–Kier alpha value is -2.73. The summed E-state index contributed by atoms with van der Waals surface area (Å²) in [6.07, 6.45) is 6.40. The fraction of sp³-hybridized carbons (Fsp3) is 0.462. The molecule has 4 rings (SSSR count). The van der Waals surface area contributed by atoms with Crippen molar-refractivity contribution in [3.63, 3.8) is 0 Å². The maximum atomic E-state index is 13.0. The molecule has 0 spiro atoms. The monoisotopic (exact) mass is 437 g/mol. The van der Waals surface area contributed by atoms with Crippen LogP contribution in [0.5, 0.6) is 0 Å². The van der Waals surface area contributed by atoms with Gasteiger partial charge in [0.25, 0.3) is 5.91 Å². The predicted molar refractivity (Wildman–Crippen MR) is 123 cm³/mol. The highest BCUT2D eigenvalue weighted by atomic mass is 19.1. The first-order valence-electron chi connectivity index (χ1n) is 11.7. The van der Waals surface area contributed by atoms with E-state index in [4.69, 9.17) is 0 Å². The molecular formula is C26H32FN3O2. The number of benzene rings is 2. The highest BCUT2D eigenvalue weighted by Crippen LogP contribution is 2.24. The number of likely N-dealkylation sites (tertiary alicyclic amines) is 1. The number of carbonyl (C=O) groups excluding carboxylic acids is 2. The number of halogens is 1. The van der Waals surface area contributed by atoms with Crippen molar-refractivity contribution in [1.82, 2.24) is 15.5 Å². The number of hydrogen-bond acceptors (Lipinski definition) is 3. The molecule has 1 heterocycles. The molecule has 2 aliphatic rings. The second-order valence-electron chi connectivity index (χ2n) is 9.06. The Labute approximate surface area is 189 Å². The summed E-state index contributed by atoms with van der Waals surface area (Å²) in [5, 5.41) is 6.16. The second kappa shape index (κ2) is 10.3. The molecule has 2 aromatic carbocycles. The third-order valence-corrected chi connectivity index (χ3v) is 6.65. The first kappa shape index (κ1) is 22.5. The molecule has 32 heavy (non-hydrogen) atoms. The number of nitrogens with zero attached hydrogens (tertiary/aromatic N) is 1. The molecule has 1 atom stereocenters. The third kappa shape index (κ3) is 5.74. The van der Waals surface area contributed by atoms with E-state index in [9.17, 15) is 14.0 Å². The molecule has 1 unspecified atom stereocenters. The van der Waals surface area contributed by atoms with Crippen molar-refractivity contribution in [2.45, 2.75) is 57.5 Å². The minimum absolute atomic E-state index is 0.0118. The Balaban J connectivity index is 1.21. The second-order valence-corrected chi connectivity index (χ2v) is 9.06. The number of hydrogen-bond donors (Lipinski definition) is 2. The van der Waals surface area contributed by atoms with Crippen LogP contribution in [0, 0.1) is 5.82 Å². The van der Waals surface area contributed by atoms with Crippen LogP contribution in [0.4, 0.5) is 4.39 Å². The van der Waals surface area contributed by atoms with E-state index in [1.165, 1.54) is 53.8 Å². The minimum atomic E-state index is -0.353. The first-order chi connectivity index (χ1) is 15.5. The Bertz CT molecular complexity index is 952. The van der Waals surface area contributed by atoms with Crippen LogP contribution in [-0.2, 0) is 17.6 Å². The normalized spacial score (nSPS) is 17.9. The van der Waals surface area contributed by atoms with Crippen LogP contribution in [0.15, 0.2) is 42.5 Å². The highest BCUT2D eigenvalue weighted by Gasteiger charge is 2.23. The maximum Gasteiger partial charge on any atom is 0.251 e. The molecule has 1 aliphatic carbocycles. The molecule has 1 saturated heterocycles. The molecule has 2 amide bonds. The number of rotatable bonds is 6. The molecule has 2 N–H and O–H groups in total. The molecule has 5 nitrogen and oxygen atoms in total. The average molecular weight is 438 g/mol. The first-order valence-corrected chi connectivity index (χ1v) is 11.7. The molecule has 1 fully saturated rings. The summed E-state index contributed by atoms with van der Waals surface area (Å²) < 4.78 is 13.0. The lowest BCUT2D eigenvalue weighted by molar-refractivity contribution is -0.123. The van der Waals surface area contributed by atoms with Crippen molar-refractivity contribution >= 4 is 11.8 Å². The minimum Gasteiger partial charge on any atom is -0.349 e. The molecule has 0 bridgehead atoms. The molecule has 1 aliphatic heterocycles. The van der Waals surface area contributed by atoms with Gasteiger partial charge in [0.15, 0.2) is 0 Å². The van der Waals surface area contributed by atoms with Crippen molar-refractivity contribution in [3.8, 4) is 0 Å². The lowest BCUT2D eigenvalue weighted by Gasteiger charge is -2.32. The lowest BCUT2D eigenvalue weighted by Crippen LogP contribution is -2.47. The zero-order chi connectivity index (χ0) is 22.5. The zero-order valence-electron chi connectivity index (χ0n) is 18.7. The van der Waals surface area contributed by atoms with E-state index in [-0.39, 0.29) is 29.7 Å². The van der Waals surface area contributed by atoms with Gasteiger partial charge in [0.1, 0.15) is 5.82 Å². The van der Waals surface area contributed by atoms with Gasteiger partial charge >= 0.3 is 0 Å². The predicted octanol–water partition coefficient (Wildman–Crippen LogP) is 3.78. The van der Waals surface area contributed by atoms with Crippen LogP contribution >= 0.6 is 0 Å². The van der Waals surface area contributed by atoms with E-state index in [1.807, 2.05) is 6.92 Å². The largest absolute Gasteiger partial charge is 0.349 e. The summed E-state index contributed by atoms with van der Waals surface area (Å²) in [5.41, 5.74) is 4.51. The number of piperidine rings is 1. The zero-order valence-corrected chi connectivity index (χ0v) is 18.7. The van der Waals surface area contributed by atoms with Gasteiger partial charge in [-0.15, -0.1) is 0 Å². The van der Waals surface area contributed by atoms with Gasteiger partial charge in [-0.3, -0.25) is 14.5 Å². The summed E-state index contributed by atoms with van der Waals surface area (Å²) in [6, 6.07) is 12.3. The molecular weight excluding hydrogens is 405 g/mol. The van der Waals surface area contributed by atoms with Crippen LogP contribution in [0.25, 0.3) is 0 Å². The van der Waals surface area contributed by atoms with Gasteiger partial charge in [-0.2, -0.15) is 0 Å². The number of nitrogens with one attached hydrogen (secondary N) is 2. The number of amides is 2. The van der Waals surface area contributed by atoms with E-state index in [2.05, 4.69) is 33.7 Å². The number of fused-ring (bicyclic) bond motifs is 1. The van der Waals surface area contributed by atoms with Crippen molar-refractivity contribution < 1.29 is 14.0 Å². The van der Waals surface area contributed by atoms with Crippen molar-refractivity contribution in [2.75, 3.05) is 19.6 Å². The summed E-state index contributed by atoms with van der Waals surface area (Å²) >= 11 is 0. The Morgan fingerprint density at radius 1 is 1.03 bits per heavy atom. The molecule has 170 valence electrons. The molecule has 0 saturated carbocycles. The van der Waals surface area contributed by atoms with Gasteiger partial charge in [0.2, 0.25) is 5.91 Å². The van der Waals surface area contributed by atoms with Gasteiger partial charge in [-0.1, -0.05) is 18.2 Å². The van der Waals surface area contributed by atoms with Gasteiger partial charge in [-0.25, -0.2) is 4.39 Å². The molecule has 0 aromatic heterocycles. The van der Waals surface area contributed by atoms with Gasteiger partial charge in [0.05, 0.1) is 12.6 Å². The maximum absolute atomic E-state index is 13.0. The summed E-state index contributed by atoms with van der Waals surface area (Å²) in [4.78, 5) is 27.1. The van der Waals surface area contributed by atoms with E-state index >= 15 is 0 Å². The van der Waals surface area contributed by atoms with Crippen LogP contribution in [-0.4, -0.2) is 42.4 Å². The van der Waals surface area contributed by atoms with Crippen LogP contribution in [0.2, 0.25) is 0 Å². The van der Waals surface area contributed by atoms with Gasteiger partial charge < -0.3 is 10.6 Å². The summed E-state index contributed by atoms with van der Waals surface area (Å²) in [6.45, 7) is 3.93. The number of carbonyl (C=O) groups is 2. The number of aryl methyl sites for hydroxylation is 2. The van der Waals surface area contributed by atoms with Crippen LogP contribution in [0.3, 0.4) is 0 Å². The van der Waals surface area contributed by atoms with E-state index in [0.29, 0.717) is 12.1 Å². The smallest absolute Gasteiger partial charge is 0.251 e. The van der Waals surface area contributed by atoms with E-state index in [1.54, 1.807) is 0 Å². The van der Waals surface area contributed by atoms with E-state index < -0.39 is 0 Å². The van der Waals surface area contributed by atoms with Crippen molar-refractivity contribution in [1.29, 1.82) is 0 Å². The molecule has 2 aromatic rings. The van der Waals surface area contributed by atoms with Crippen LogP contribution in [0.1, 0.15) is 65.7 Å².